The highest BCUT2D eigenvalue weighted by molar-refractivity contribution is 7.98. The standard InChI is InChI=1S/C12H15N3S/c1-3-10-11(14-15-12(10)13)8-4-6-9(16-2)7-5-8/h4-7H,3H2,1-2H3,(H3,13,14,15). The molecule has 16 heavy (non-hydrogen) atoms. The number of aromatic nitrogens is 2. The first-order chi connectivity index (χ1) is 7.76. The maximum Gasteiger partial charge on any atom is 0.149 e. The van der Waals surface area contributed by atoms with E-state index < -0.39 is 0 Å². The van der Waals surface area contributed by atoms with Gasteiger partial charge in [0.25, 0.3) is 0 Å². The number of hydrogen-bond acceptors (Lipinski definition) is 3. The zero-order chi connectivity index (χ0) is 11.5. The van der Waals surface area contributed by atoms with Crippen molar-refractivity contribution < 1.29 is 0 Å². The first-order valence-electron chi connectivity index (χ1n) is 5.23. The lowest BCUT2D eigenvalue weighted by atomic mass is 10.1. The summed E-state index contributed by atoms with van der Waals surface area (Å²) in [6.45, 7) is 2.08. The number of anilines is 1. The predicted molar refractivity (Wildman–Crippen MR) is 69.6 cm³/mol. The van der Waals surface area contributed by atoms with Crippen LogP contribution in [0.25, 0.3) is 11.3 Å². The molecule has 0 bridgehead atoms. The van der Waals surface area contributed by atoms with Crippen LogP contribution in [-0.2, 0) is 6.42 Å². The van der Waals surface area contributed by atoms with Crippen LogP contribution >= 0.6 is 11.8 Å². The Morgan fingerprint density at radius 1 is 1.31 bits per heavy atom. The number of H-pyrrole nitrogens is 1. The van der Waals surface area contributed by atoms with Crippen LogP contribution in [0, 0.1) is 0 Å². The predicted octanol–water partition coefficient (Wildman–Crippen LogP) is 2.94. The highest BCUT2D eigenvalue weighted by Crippen LogP contribution is 2.27. The van der Waals surface area contributed by atoms with Crippen LogP contribution in [0.3, 0.4) is 0 Å². The summed E-state index contributed by atoms with van der Waals surface area (Å²) in [5.74, 6) is 0.603. The summed E-state index contributed by atoms with van der Waals surface area (Å²) < 4.78 is 0. The second-order valence-electron chi connectivity index (χ2n) is 3.54. The minimum absolute atomic E-state index is 0.603. The van der Waals surface area contributed by atoms with Gasteiger partial charge in [0.05, 0.1) is 5.69 Å². The van der Waals surface area contributed by atoms with Gasteiger partial charge in [-0.25, -0.2) is 0 Å². The largest absolute Gasteiger partial charge is 0.382 e. The maximum absolute atomic E-state index is 5.80. The number of nitrogens with one attached hydrogen (secondary N) is 1. The van der Waals surface area contributed by atoms with Crippen molar-refractivity contribution >= 4 is 17.6 Å². The Labute approximate surface area is 99.4 Å². The van der Waals surface area contributed by atoms with E-state index in [1.54, 1.807) is 11.8 Å². The molecule has 3 nitrogen and oxygen atoms in total. The summed E-state index contributed by atoms with van der Waals surface area (Å²) in [7, 11) is 0. The van der Waals surface area contributed by atoms with Gasteiger partial charge in [0, 0.05) is 10.5 Å². The molecule has 0 saturated heterocycles. The monoisotopic (exact) mass is 233 g/mol. The van der Waals surface area contributed by atoms with E-state index >= 15 is 0 Å². The van der Waals surface area contributed by atoms with Crippen LogP contribution in [-0.4, -0.2) is 16.5 Å². The molecule has 1 aromatic heterocycles. The van der Waals surface area contributed by atoms with E-state index in [1.807, 2.05) is 0 Å². The molecule has 84 valence electrons. The number of nitrogen functional groups attached to an aromatic ring is 1. The summed E-state index contributed by atoms with van der Waals surface area (Å²) in [6, 6.07) is 8.41. The molecule has 0 aliphatic heterocycles. The molecule has 0 amide bonds. The first-order valence-corrected chi connectivity index (χ1v) is 6.46. The minimum atomic E-state index is 0.603. The summed E-state index contributed by atoms with van der Waals surface area (Å²) in [5.41, 5.74) is 9.07. The van der Waals surface area contributed by atoms with Gasteiger partial charge in [-0.05, 0) is 30.4 Å². The van der Waals surface area contributed by atoms with Gasteiger partial charge in [-0.3, -0.25) is 5.10 Å². The number of benzene rings is 1. The van der Waals surface area contributed by atoms with Gasteiger partial charge in [0.1, 0.15) is 5.82 Å². The van der Waals surface area contributed by atoms with Crippen LogP contribution < -0.4 is 5.73 Å². The smallest absolute Gasteiger partial charge is 0.149 e. The van der Waals surface area contributed by atoms with Crippen molar-refractivity contribution in [1.29, 1.82) is 0 Å². The Bertz CT molecular complexity index is 474. The fourth-order valence-corrected chi connectivity index (χ4v) is 2.14. The topological polar surface area (TPSA) is 54.7 Å². The molecule has 0 atom stereocenters. The molecule has 1 aromatic carbocycles. The zero-order valence-corrected chi connectivity index (χ0v) is 10.3. The fourth-order valence-electron chi connectivity index (χ4n) is 1.73. The minimum Gasteiger partial charge on any atom is -0.382 e. The number of nitrogens with two attached hydrogens (primary N) is 1. The zero-order valence-electron chi connectivity index (χ0n) is 9.45. The van der Waals surface area contributed by atoms with Crippen LogP contribution in [0.4, 0.5) is 5.82 Å². The highest BCUT2D eigenvalue weighted by atomic mass is 32.2. The lowest BCUT2D eigenvalue weighted by Gasteiger charge is -2.02. The molecule has 1 heterocycles. The highest BCUT2D eigenvalue weighted by Gasteiger charge is 2.10. The Balaban J connectivity index is 2.42. The van der Waals surface area contributed by atoms with Crippen molar-refractivity contribution in [1.82, 2.24) is 10.2 Å². The first kappa shape index (κ1) is 11.1. The van der Waals surface area contributed by atoms with Gasteiger partial charge in [0.15, 0.2) is 0 Å². The molecule has 4 heteroatoms. The van der Waals surface area contributed by atoms with Crippen LogP contribution in [0.5, 0.6) is 0 Å². The van der Waals surface area contributed by atoms with Gasteiger partial charge < -0.3 is 5.73 Å². The van der Waals surface area contributed by atoms with Crippen LogP contribution in [0.2, 0.25) is 0 Å². The molecule has 2 rings (SSSR count). The molecular formula is C12H15N3S. The summed E-state index contributed by atoms with van der Waals surface area (Å²) in [5, 5.41) is 7.05. The van der Waals surface area contributed by atoms with E-state index in [2.05, 4.69) is 47.6 Å². The summed E-state index contributed by atoms with van der Waals surface area (Å²) in [4.78, 5) is 1.26. The number of aromatic amines is 1. The molecule has 0 saturated carbocycles. The van der Waals surface area contributed by atoms with Gasteiger partial charge in [-0.1, -0.05) is 19.1 Å². The third kappa shape index (κ3) is 1.93. The van der Waals surface area contributed by atoms with E-state index in [0.717, 1.165) is 23.2 Å². The van der Waals surface area contributed by atoms with Crippen molar-refractivity contribution in [2.45, 2.75) is 18.2 Å². The van der Waals surface area contributed by atoms with E-state index in [-0.39, 0.29) is 0 Å². The van der Waals surface area contributed by atoms with E-state index in [1.165, 1.54) is 4.90 Å². The number of thioether (sulfide) groups is 1. The quantitative estimate of drug-likeness (QED) is 0.801. The van der Waals surface area contributed by atoms with Crippen molar-refractivity contribution in [3.63, 3.8) is 0 Å². The summed E-state index contributed by atoms with van der Waals surface area (Å²) in [6.07, 6.45) is 2.96. The Morgan fingerprint density at radius 2 is 2.00 bits per heavy atom. The molecule has 0 spiro atoms. The van der Waals surface area contributed by atoms with Gasteiger partial charge in [0.2, 0.25) is 0 Å². The molecule has 2 aromatic rings. The van der Waals surface area contributed by atoms with Gasteiger partial charge in [-0.15, -0.1) is 11.8 Å². The molecule has 0 radical (unpaired) electrons. The lowest BCUT2D eigenvalue weighted by Crippen LogP contribution is -1.90. The average molecular weight is 233 g/mol. The number of nitrogens with zero attached hydrogens (tertiary/aromatic N) is 1. The third-order valence-corrected chi connectivity index (χ3v) is 3.37. The van der Waals surface area contributed by atoms with E-state index in [4.69, 9.17) is 5.73 Å². The molecular weight excluding hydrogens is 218 g/mol. The Hall–Kier alpha value is -1.42. The molecule has 0 fully saturated rings. The Morgan fingerprint density at radius 3 is 2.56 bits per heavy atom. The van der Waals surface area contributed by atoms with Crippen molar-refractivity contribution in [3.05, 3.63) is 29.8 Å². The normalized spacial score (nSPS) is 10.6. The molecule has 0 aliphatic rings. The lowest BCUT2D eigenvalue weighted by molar-refractivity contribution is 1.10. The Kier molecular flexibility index (Phi) is 3.19. The second-order valence-corrected chi connectivity index (χ2v) is 4.42. The second kappa shape index (κ2) is 4.61. The van der Waals surface area contributed by atoms with Crippen LogP contribution in [0.15, 0.2) is 29.2 Å². The van der Waals surface area contributed by atoms with Crippen molar-refractivity contribution in [3.8, 4) is 11.3 Å². The molecule has 0 unspecified atom stereocenters. The number of hydrogen-bond donors (Lipinski definition) is 2. The average Bonchev–Trinajstić information content (AvgIpc) is 2.70. The van der Waals surface area contributed by atoms with Crippen molar-refractivity contribution in [2.75, 3.05) is 12.0 Å². The SMILES string of the molecule is CCc1c(N)n[nH]c1-c1ccc(SC)cc1. The van der Waals surface area contributed by atoms with Crippen molar-refractivity contribution in [2.24, 2.45) is 0 Å². The molecule has 0 aliphatic carbocycles. The van der Waals surface area contributed by atoms with Crippen LogP contribution in [0.1, 0.15) is 12.5 Å². The fraction of sp³-hybridized carbons (Fsp3) is 0.250. The maximum atomic E-state index is 5.80. The third-order valence-electron chi connectivity index (χ3n) is 2.63. The molecule has 3 N–H and O–H groups in total. The van der Waals surface area contributed by atoms with E-state index in [0.29, 0.717) is 5.82 Å². The van der Waals surface area contributed by atoms with Gasteiger partial charge in [-0.2, -0.15) is 5.10 Å². The number of rotatable bonds is 3. The van der Waals surface area contributed by atoms with E-state index in [9.17, 15) is 0 Å². The van der Waals surface area contributed by atoms with Gasteiger partial charge >= 0.3 is 0 Å². The summed E-state index contributed by atoms with van der Waals surface area (Å²) >= 11 is 1.74.